The van der Waals surface area contributed by atoms with Gasteiger partial charge in [-0.1, -0.05) is 23.2 Å². The van der Waals surface area contributed by atoms with Crippen LogP contribution in [0, 0.1) is 13.8 Å². The van der Waals surface area contributed by atoms with Gasteiger partial charge in [0.05, 0.1) is 30.1 Å². The van der Waals surface area contributed by atoms with Crippen molar-refractivity contribution in [1.29, 1.82) is 0 Å². The molecule has 2 aromatic rings. The Balaban J connectivity index is 2.16. The first-order valence-electron chi connectivity index (χ1n) is 6.20. The van der Waals surface area contributed by atoms with Gasteiger partial charge >= 0.3 is 0 Å². The van der Waals surface area contributed by atoms with E-state index in [1.807, 2.05) is 38.1 Å². The van der Waals surface area contributed by atoms with Crippen LogP contribution in [0.1, 0.15) is 17.0 Å². The van der Waals surface area contributed by atoms with E-state index in [1.54, 1.807) is 7.11 Å². The summed E-state index contributed by atoms with van der Waals surface area (Å²) in [5.74, 6) is 0.794. The lowest BCUT2D eigenvalue weighted by molar-refractivity contribution is 0.413. The largest absolute Gasteiger partial charge is 0.497 e. The van der Waals surface area contributed by atoms with E-state index in [2.05, 4.69) is 10.3 Å². The minimum Gasteiger partial charge on any atom is -0.497 e. The molecule has 0 fully saturated rings. The highest BCUT2D eigenvalue weighted by atomic mass is 35.5. The molecule has 1 aromatic heterocycles. The topological polar surface area (TPSA) is 34.1 Å². The first-order valence-corrected chi connectivity index (χ1v) is 6.96. The van der Waals surface area contributed by atoms with Crippen LogP contribution in [-0.2, 0) is 6.54 Å². The van der Waals surface area contributed by atoms with Gasteiger partial charge < -0.3 is 10.1 Å². The third kappa shape index (κ3) is 3.56. The van der Waals surface area contributed by atoms with Gasteiger partial charge in [-0.25, -0.2) is 0 Å². The van der Waals surface area contributed by atoms with Crippen LogP contribution in [0.25, 0.3) is 0 Å². The Morgan fingerprint density at radius 3 is 2.55 bits per heavy atom. The molecule has 1 N–H and O–H groups in total. The van der Waals surface area contributed by atoms with E-state index in [9.17, 15) is 0 Å². The van der Waals surface area contributed by atoms with Gasteiger partial charge in [0.15, 0.2) is 0 Å². The summed E-state index contributed by atoms with van der Waals surface area (Å²) in [6, 6.07) is 7.45. The number of hydrogen-bond acceptors (Lipinski definition) is 3. The van der Waals surface area contributed by atoms with E-state index in [0.717, 1.165) is 28.4 Å². The second-order valence-electron chi connectivity index (χ2n) is 4.57. The zero-order chi connectivity index (χ0) is 14.7. The average molecular weight is 311 g/mol. The predicted octanol–water partition coefficient (Wildman–Crippen LogP) is 4.63. The van der Waals surface area contributed by atoms with E-state index in [4.69, 9.17) is 27.9 Å². The molecule has 2 rings (SSSR count). The molecule has 0 aliphatic carbocycles. The standard InChI is InChI=1S/C15H16Cl2N2O/c1-9-4-14(17)15(7-13(9)16)18-8-11-6-12(20-3)5-10(2)19-11/h4-7,18H,8H2,1-3H3. The van der Waals surface area contributed by atoms with E-state index in [1.165, 1.54) is 0 Å². The molecule has 0 atom stereocenters. The first kappa shape index (κ1) is 14.9. The monoisotopic (exact) mass is 310 g/mol. The van der Waals surface area contributed by atoms with E-state index in [0.29, 0.717) is 16.6 Å². The highest BCUT2D eigenvalue weighted by Crippen LogP contribution is 2.29. The summed E-state index contributed by atoms with van der Waals surface area (Å²) < 4.78 is 5.23. The molecular weight excluding hydrogens is 295 g/mol. The molecule has 0 radical (unpaired) electrons. The molecule has 5 heteroatoms. The normalized spacial score (nSPS) is 10.4. The highest BCUT2D eigenvalue weighted by Gasteiger charge is 2.06. The Morgan fingerprint density at radius 2 is 1.85 bits per heavy atom. The van der Waals surface area contributed by atoms with Crippen LogP contribution in [0.3, 0.4) is 0 Å². The molecule has 0 unspecified atom stereocenters. The van der Waals surface area contributed by atoms with Crippen LogP contribution in [0.4, 0.5) is 5.69 Å². The molecule has 3 nitrogen and oxygen atoms in total. The van der Waals surface area contributed by atoms with Crippen LogP contribution >= 0.6 is 23.2 Å². The lowest BCUT2D eigenvalue weighted by Crippen LogP contribution is -2.04. The van der Waals surface area contributed by atoms with Crippen molar-refractivity contribution in [1.82, 2.24) is 4.98 Å². The highest BCUT2D eigenvalue weighted by molar-refractivity contribution is 6.35. The fraction of sp³-hybridized carbons (Fsp3) is 0.267. The zero-order valence-electron chi connectivity index (χ0n) is 11.6. The number of nitrogens with zero attached hydrogens (tertiary/aromatic N) is 1. The van der Waals surface area contributed by atoms with Gasteiger partial charge in [0.2, 0.25) is 0 Å². The molecule has 0 saturated carbocycles. The lowest BCUT2D eigenvalue weighted by Gasteiger charge is -2.11. The number of benzene rings is 1. The van der Waals surface area contributed by atoms with Crippen molar-refractivity contribution >= 4 is 28.9 Å². The number of halogens is 2. The molecule has 0 spiro atoms. The first-order chi connectivity index (χ1) is 9.49. The molecule has 1 heterocycles. The van der Waals surface area contributed by atoms with Crippen molar-refractivity contribution in [3.05, 3.63) is 51.3 Å². The van der Waals surface area contributed by atoms with Gasteiger partial charge in [0.25, 0.3) is 0 Å². The summed E-state index contributed by atoms with van der Waals surface area (Å²) in [5, 5.41) is 4.57. The summed E-state index contributed by atoms with van der Waals surface area (Å²) in [7, 11) is 1.64. The van der Waals surface area contributed by atoms with Crippen LogP contribution in [0.2, 0.25) is 10.0 Å². The maximum absolute atomic E-state index is 6.19. The molecule has 106 valence electrons. The summed E-state index contributed by atoms with van der Waals surface area (Å²) >= 11 is 12.3. The molecule has 0 amide bonds. The number of aromatic nitrogens is 1. The third-order valence-corrected chi connectivity index (χ3v) is 3.64. The van der Waals surface area contributed by atoms with Gasteiger partial charge in [-0.2, -0.15) is 0 Å². The minimum absolute atomic E-state index is 0.553. The Labute approximate surface area is 128 Å². The predicted molar refractivity (Wildman–Crippen MR) is 84.1 cm³/mol. The molecule has 1 aromatic carbocycles. The van der Waals surface area contributed by atoms with Crippen LogP contribution in [0.5, 0.6) is 5.75 Å². The number of anilines is 1. The van der Waals surface area contributed by atoms with Crippen molar-refractivity contribution in [3.63, 3.8) is 0 Å². The zero-order valence-corrected chi connectivity index (χ0v) is 13.1. The fourth-order valence-electron chi connectivity index (χ4n) is 1.88. The second kappa shape index (κ2) is 6.33. The Kier molecular flexibility index (Phi) is 4.73. The Bertz CT molecular complexity index is 630. The number of aryl methyl sites for hydroxylation is 2. The lowest BCUT2D eigenvalue weighted by atomic mass is 10.2. The molecule has 0 aliphatic heterocycles. The van der Waals surface area contributed by atoms with Crippen molar-refractivity contribution in [2.45, 2.75) is 20.4 Å². The summed E-state index contributed by atoms with van der Waals surface area (Å²) in [6.07, 6.45) is 0. The second-order valence-corrected chi connectivity index (χ2v) is 5.39. The van der Waals surface area contributed by atoms with E-state index < -0.39 is 0 Å². The molecule has 0 saturated heterocycles. The number of methoxy groups -OCH3 is 1. The van der Waals surface area contributed by atoms with Crippen LogP contribution < -0.4 is 10.1 Å². The van der Waals surface area contributed by atoms with Crippen molar-refractivity contribution in [2.75, 3.05) is 12.4 Å². The minimum atomic E-state index is 0.553. The summed E-state index contributed by atoms with van der Waals surface area (Å²) in [4.78, 5) is 4.45. The third-order valence-electron chi connectivity index (χ3n) is 2.92. The average Bonchev–Trinajstić information content (AvgIpc) is 2.40. The van der Waals surface area contributed by atoms with Crippen molar-refractivity contribution in [2.24, 2.45) is 0 Å². The maximum Gasteiger partial charge on any atom is 0.122 e. The number of hydrogen-bond donors (Lipinski definition) is 1. The van der Waals surface area contributed by atoms with Gasteiger partial charge in [0, 0.05) is 22.8 Å². The fourth-order valence-corrected chi connectivity index (χ4v) is 2.33. The van der Waals surface area contributed by atoms with Crippen molar-refractivity contribution in [3.8, 4) is 5.75 Å². The smallest absolute Gasteiger partial charge is 0.122 e. The maximum atomic E-state index is 6.19. The van der Waals surface area contributed by atoms with Gasteiger partial charge in [-0.3, -0.25) is 4.98 Å². The molecule has 20 heavy (non-hydrogen) atoms. The van der Waals surface area contributed by atoms with Crippen LogP contribution in [-0.4, -0.2) is 12.1 Å². The van der Waals surface area contributed by atoms with Gasteiger partial charge in [-0.05, 0) is 31.5 Å². The number of rotatable bonds is 4. The Morgan fingerprint density at radius 1 is 1.10 bits per heavy atom. The van der Waals surface area contributed by atoms with Crippen LogP contribution in [0.15, 0.2) is 24.3 Å². The van der Waals surface area contributed by atoms with Gasteiger partial charge in [-0.15, -0.1) is 0 Å². The Hall–Kier alpha value is -1.45. The van der Waals surface area contributed by atoms with Crippen molar-refractivity contribution < 1.29 is 4.74 Å². The van der Waals surface area contributed by atoms with E-state index >= 15 is 0 Å². The molecule has 0 aliphatic rings. The number of ether oxygens (including phenoxy) is 1. The SMILES string of the molecule is COc1cc(C)nc(CNc2cc(Cl)c(C)cc2Cl)c1. The van der Waals surface area contributed by atoms with Gasteiger partial charge in [0.1, 0.15) is 5.75 Å². The quantitative estimate of drug-likeness (QED) is 0.894. The number of pyridine rings is 1. The van der Waals surface area contributed by atoms with E-state index in [-0.39, 0.29) is 0 Å². The molecule has 0 bridgehead atoms. The number of nitrogens with one attached hydrogen (secondary N) is 1. The summed E-state index contributed by atoms with van der Waals surface area (Å²) in [5.41, 5.74) is 3.55. The molecular formula is C15H16Cl2N2O. The summed E-state index contributed by atoms with van der Waals surface area (Å²) in [6.45, 7) is 4.41.